The molecule has 0 bridgehead atoms. The van der Waals surface area contributed by atoms with Gasteiger partial charge in [0.2, 0.25) is 0 Å². The first-order valence-electron chi connectivity index (χ1n) is 5.64. The predicted molar refractivity (Wildman–Crippen MR) is 59.4 cm³/mol. The van der Waals surface area contributed by atoms with Gasteiger partial charge in [0.05, 0.1) is 27.4 Å². The summed E-state index contributed by atoms with van der Waals surface area (Å²) in [6, 6.07) is 0. The van der Waals surface area contributed by atoms with Crippen LogP contribution in [0.1, 0.15) is 6.42 Å². The molecule has 17 heavy (non-hydrogen) atoms. The highest BCUT2D eigenvalue weighted by molar-refractivity contribution is 5.94. The molecule has 1 rings (SSSR count). The number of esters is 2. The van der Waals surface area contributed by atoms with Gasteiger partial charge in [-0.15, -0.1) is 0 Å². The number of carbonyl (C=O) groups is 2. The second-order valence-corrected chi connectivity index (χ2v) is 3.84. The second kappa shape index (κ2) is 7.24. The Morgan fingerprint density at radius 2 is 1.71 bits per heavy atom. The molecule has 0 unspecified atom stereocenters. The first-order valence-corrected chi connectivity index (χ1v) is 5.64. The van der Waals surface area contributed by atoms with Crippen LogP contribution in [0.2, 0.25) is 0 Å². The maximum absolute atomic E-state index is 11.4. The molecule has 0 atom stereocenters. The molecular formula is C11H19NO5. The lowest BCUT2D eigenvalue weighted by Gasteiger charge is -2.27. The number of rotatable bonds is 5. The molecule has 1 aliphatic rings. The van der Waals surface area contributed by atoms with E-state index in [-0.39, 0.29) is 0 Å². The lowest BCUT2D eigenvalue weighted by Crippen LogP contribution is -2.39. The lowest BCUT2D eigenvalue weighted by atomic mass is 10.1. The molecule has 0 radical (unpaired) electrons. The first-order chi connectivity index (χ1) is 8.19. The Morgan fingerprint density at radius 1 is 1.18 bits per heavy atom. The van der Waals surface area contributed by atoms with Crippen LogP contribution >= 0.6 is 0 Å². The Labute approximate surface area is 101 Å². The van der Waals surface area contributed by atoms with Crippen molar-refractivity contribution in [2.24, 2.45) is 5.92 Å². The average Bonchev–Trinajstić information content (AvgIpc) is 2.39. The summed E-state index contributed by atoms with van der Waals surface area (Å²) >= 11 is 0. The monoisotopic (exact) mass is 245 g/mol. The predicted octanol–water partition coefficient (Wildman–Crippen LogP) is -0.329. The van der Waals surface area contributed by atoms with Gasteiger partial charge in [-0.2, -0.15) is 0 Å². The quantitative estimate of drug-likeness (QED) is 0.488. The minimum Gasteiger partial charge on any atom is -0.468 e. The van der Waals surface area contributed by atoms with Crippen molar-refractivity contribution < 1.29 is 23.8 Å². The van der Waals surface area contributed by atoms with Crippen LogP contribution in [-0.4, -0.2) is 63.9 Å². The summed E-state index contributed by atoms with van der Waals surface area (Å²) in [5.74, 6) is -1.90. The van der Waals surface area contributed by atoms with E-state index in [1.165, 1.54) is 14.2 Å². The minimum absolute atomic E-state index is 0.416. The molecular weight excluding hydrogens is 226 g/mol. The molecule has 0 aromatic heterocycles. The molecule has 0 aromatic carbocycles. The van der Waals surface area contributed by atoms with Crippen LogP contribution in [0.15, 0.2) is 0 Å². The Bertz CT molecular complexity index is 247. The van der Waals surface area contributed by atoms with E-state index in [4.69, 9.17) is 4.74 Å². The zero-order chi connectivity index (χ0) is 12.7. The van der Waals surface area contributed by atoms with Crippen LogP contribution in [0, 0.1) is 5.92 Å². The molecule has 98 valence electrons. The van der Waals surface area contributed by atoms with Crippen molar-refractivity contribution >= 4 is 11.9 Å². The van der Waals surface area contributed by atoms with Crippen LogP contribution in [0.3, 0.4) is 0 Å². The van der Waals surface area contributed by atoms with Crippen molar-refractivity contribution in [1.82, 2.24) is 4.90 Å². The molecule has 0 spiro atoms. The largest absolute Gasteiger partial charge is 0.468 e. The summed E-state index contributed by atoms with van der Waals surface area (Å²) in [4.78, 5) is 25.0. The first kappa shape index (κ1) is 13.9. The SMILES string of the molecule is COC(=O)C(CCN1CCOCC1)C(=O)OC. The second-order valence-electron chi connectivity index (χ2n) is 3.84. The van der Waals surface area contributed by atoms with Crippen molar-refractivity contribution in [3.8, 4) is 0 Å². The van der Waals surface area contributed by atoms with Gasteiger partial charge in [-0.3, -0.25) is 14.5 Å². The molecule has 0 amide bonds. The lowest BCUT2D eigenvalue weighted by molar-refractivity contribution is -0.159. The fourth-order valence-electron chi connectivity index (χ4n) is 1.75. The van der Waals surface area contributed by atoms with Crippen LogP contribution in [0.25, 0.3) is 0 Å². The molecule has 1 fully saturated rings. The fourth-order valence-corrected chi connectivity index (χ4v) is 1.75. The molecule has 1 saturated heterocycles. The fraction of sp³-hybridized carbons (Fsp3) is 0.818. The summed E-state index contributed by atoms with van der Waals surface area (Å²) in [6.45, 7) is 3.71. The van der Waals surface area contributed by atoms with E-state index in [1.807, 2.05) is 0 Å². The molecule has 6 nitrogen and oxygen atoms in total. The van der Waals surface area contributed by atoms with E-state index in [0.29, 0.717) is 26.2 Å². The number of morpholine rings is 1. The third-order valence-corrected chi connectivity index (χ3v) is 2.81. The van der Waals surface area contributed by atoms with Gasteiger partial charge >= 0.3 is 11.9 Å². The molecule has 0 aliphatic carbocycles. The third kappa shape index (κ3) is 4.32. The average molecular weight is 245 g/mol. The maximum atomic E-state index is 11.4. The Hall–Kier alpha value is -1.14. The molecule has 0 N–H and O–H groups in total. The standard InChI is InChI=1S/C11H19NO5/c1-15-10(13)9(11(14)16-2)3-4-12-5-7-17-8-6-12/h9H,3-8H2,1-2H3. The Kier molecular flexibility index (Phi) is 5.93. The number of carbonyl (C=O) groups excluding carboxylic acids is 2. The van der Waals surface area contributed by atoms with Crippen LogP contribution in [0.4, 0.5) is 0 Å². The maximum Gasteiger partial charge on any atom is 0.320 e. The number of methoxy groups -OCH3 is 2. The van der Waals surface area contributed by atoms with Gasteiger partial charge in [-0.25, -0.2) is 0 Å². The van der Waals surface area contributed by atoms with E-state index in [9.17, 15) is 9.59 Å². The highest BCUT2D eigenvalue weighted by Crippen LogP contribution is 2.10. The smallest absolute Gasteiger partial charge is 0.320 e. The number of hydrogen-bond donors (Lipinski definition) is 0. The van der Waals surface area contributed by atoms with Gasteiger partial charge < -0.3 is 14.2 Å². The zero-order valence-corrected chi connectivity index (χ0v) is 10.3. The third-order valence-electron chi connectivity index (χ3n) is 2.81. The molecule has 0 saturated carbocycles. The zero-order valence-electron chi connectivity index (χ0n) is 10.3. The van der Waals surface area contributed by atoms with Crippen LogP contribution in [0.5, 0.6) is 0 Å². The van der Waals surface area contributed by atoms with Crippen molar-refractivity contribution in [2.45, 2.75) is 6.42 Å². The van der Waals surface area contributed by atoms with Gasteiger partial charge in [-0.05, 0) is 13.0 Å². The van der Waals surface area contributed by atoms with E-state index in [2.05, 4.69) is 14.4 Å². The highest BCUT2D eigenvalue weighted by Gasteiger charge is 2.29. The van der Waals surface area contributed by atoms with Gasteiger partial charge in [0.25, 0.3) is 0 Å². The van der Waals surface area contributed by atoms with Crippen molar-refractivity contribution in [2.75, 3.05) is 47.1 Å². The van der Waals surface area contributed by atoms with Gasteiger partial charge in [0.1, 0.15) is 0 Å². The van der Waals surface area contributed by atoms with E-state index in [0.717, 1.165) is 13.1 Å². The normalized spacial score (nSPS) is 16.9. The van der Waals surface area contributed by atoms with E-state index < -0.39 is 17.9 Å². The van der Waals surface area contributed by atoms with Gasteiger partial charge in [0, 0.05) is 13.1 Å². The summed E-state index contributed by atoms with van der Waals surface area (Å²) < 4.78 is 14.4. The van der Waals surface area contributed by atoms with Crippen molar-refractivity contribution in [1.29, 1.82) is 0 Å². The molecule has 6 heteroatoms. The van der Waals surface area contributed by atoms with E-state index in [1.54, 1.807) is 0 Å². The van der Waals surface area contributed by atoms with E-state index >= 15 is 0 Å². The number of nitrogens with zero attached hydrogens (tertiary/aromatic N) is 1. The summed E-state index contributed by atoms with van der Waals surface area (Å²) in [6.07, 6.45) is 0.416. The van der Waals surface area contributed by atoms with Crippen LogP contribution in [-0.2, 0) is 23.8 Å². The number of hydrogen-bond acceptors (Lipinski definition) is 6. The van der Waals surface area contributed by atoms with Gasteiger partial charge in [0.15, 0.2) is 5.92 Å². The Balaban J connectivity index is 2.42. The summed E-state index contributed by atoms with van der Waals surface area (Å²) in [5, 5.41) is 0. The number of ether oxygens (including phenoxy) is 3. The molecule has 1 aliphatic heterocycles. The van der Waals surface area contributed by atoms with Gasteiger partial charge in [-0.1, -0.05) is 0 Å². The topological polar surface area (TPSA) is 65.1 Å². The summed E-state index contributed by atoms with van der Waals surface area (Å²) in [7, 11) is 2.54. The highest BCUT2D eigenvalue weighted by atomic mass is 16.5. The molecule has 1 heterocycles. The minimum atomic E-state index is -0.826. The summed E-state index contributed by atoms with van der Waals surface area (Å²) in [5.41, 5.74) is 0. The Morgan fingerprint density at radius 3 is 2.18 bits per heavy atom. The van der Waals surface area contributed by atoms with Crippen LogP contribution < -0.4 is 0 Å². The van der Waals surface area contributed by atoms with Crippen molar-refractivity contribution in [3.63, 3.8) is 0 Å². The molecule has 0 aromatic rings. The van der Waals surface area contributed by atoms with Crippen molar-refractivity contribution in [3.05, 3.63) is 0 Å².